The standard InChI is InChI=1S/3C9H13N.2CH4/c1-9(2,3)8-4-6-10-7-5-8;1-9(2,3)8-5-4-6-10-7-8;1-9(2,3)8-6-4-5-7-10-8;;/h3*4-7H,1-3H3;2*1H4. The normalized spacial score (nSPS) is 10.8. The van der Waals surface area contributed by atoms with Crippen molar-refractivity contribution in [3.8, 4) is 0 Å². The summed E-state index contributed by atoms with van der Waals surface area (Å²) >= 11 is 0. The molecule has 0 aliphatic heterocycles. The largest absolute Gasteiger partial charge is 0.265 e. The van der Waals surface area contributed by atoms with Crippen molar-refractivity contribution in [1.29, 1.82) is 0 Å². The summed E-state index contributed by atoms with van der Waals surface area (Å²) in [6.45, 7) is 19.6. The molecule has 0 radical (unpaired) electrons. The third kappa shape index (κ3) is 12.3. The molecule has 0 aliphatic rings. The van der Waals surface area contributed by atoms with Crippen molar-refractivity contribution in [2.24, 2.45) is 0 Å². The van der Waals surface area contributed by atoms with Crippen LogP contribution in [0.15, 0.2) is 73.4 Å². The van der Waals surface area contributed by atoms with E-state index in [-0.39, 0.29) is 31.1 Å². The lowest BCUT2D eigenvalue weighted by Gasteiger charge is -2.17. The summed E-state index contributed by atoms with van der Waals surface area (Å²) in [4.78, 5) is 12.3. The molecular formula is C29H47N3. The molecule has 0 saturated carbocycles. The molecule has 0 fully saturated rings. The summed E-state index contributed by atoms with van der Waals surface area (Å²) in [5, 5.41) is 0. The van der Waals surface area contributed by atoms with Gasteiger partial charge in [-0.25, -0.2) is 0 Å². The van der Waals surface area contributed by atoms with Crippen LogP contribution in [0, 0.1) is 0 Å². The summed E-state index contributed by atoms with van der Waals surface area (Å²) in [7, 11) is 0. The van der Waals surface area contributed by atoms with Crippen molar-refractivity contribution in [1.82, 2.24) is 15.0 Å². The minimum Gasteiger partial charge on any atom is -0.265 e. The van der Waals surface area contributed by atoms with Gasteiger partial charge >= 0.3 is 0 Å². The molecule has 0 bridgehead atoms. The SMILES string of the molecule is C.C.CC(C)(C)c1ccccn1.CC(C)(C)c1cccnc1.CC(C)(C)c1ccncc1. The molecule has 32 heavy (non-hydrogen) atoms. The summed E-state index contributed by atoms with van der Waals surface area (Å²) in [6.07, 6.45) is 9.22. The second-order valence-corrected chi connectivity index (χ2v) is 10.4. The fourth-order valence-corrected chi connectivity index (χ4v) is 2.46. The van der Waals surface area contributed by atoms with Crippen LogP contribution in [0.25, 0.3) is 0 Å². The Morgan fingerprint density at radius 2 is 1.06 bits per heavy atom. The molecule has 0 aromatic carbocycles. The summed E-state index contributed by atoms with van der Waals surface area (Å²) in [5.74, 6) is 0. The van der Waals surface area contributed by atoms with Crippen LogP contribution >= 0.6 is 0 Å². The highest BCUT2D eigenvalue weighted by Crippen LogP contribution is 2.21. The molecule has 3 aromatic rings. The van der Waals surface area contributed by atoms with Crippen molar-refractivity contribution >= 4 is 0 Å². The highest BCUT2D eigenvalue weighted by Gasteiger charge is 2.13. The van der Waals surface area contributed by atoms with E-state index in [1.165, 1.54) is 11.1 Å². The minimum absolute atomic E-state index is 0. The molecular weight excluding hydrogens is 390 g/mol. The third-order valence-corrected chi connectivity index (χ3v) is 4.51. The Morgan fingerprint density at radius 3 is 1.34 bits per heavy atom. The highest BCUT2D eigenvalue weighted by atomic mass is 14.7. The van der Waals surface area contributed by atoms with Gasteiger partial charge in [0.1, 0.15) is 0 Å². The lowest BCUT2D eigenvalue weighted by atomic mass is 9.88. The molecule has 0 saturated heterocycles. The average Bonchev–Trinajstić information content (AvgIpc) is 2.69. The molecule has 0 unspecified atom stereocenters. The van der Waals surface area contributed by atoms with Crippen molar-refractivity contribution in [3.05, 3.63) is 90.3 Å². The molecule has 178 valence electrons. The zero-order chi connectivity index (χ0) is 22.8. The van der Waals surface area contributed by atoms with Crippen LogP contribution < -0.4 is 0 Å². The van der Waals surface area contributed by atoms with E-state index in [4.69, 9.17) is 0 Å². The predicted molar refractivity (Wildman–Crippen MR) is 142 cm³/mol. The van der Waals surface area contributed by atoms with Gasteiger partial charge in [-0.3, -0.25) is 15.0 Å². The fourth-order valence-electron chi connectivity index (χ4n) is 2.46. The first kappa shape index (κ1) is 31.6. The number of nitrogens with zero attached hydrogens (tertiary/aromatic N) is 3. The second kappa shape index (κ2) is 13.8. The molecule has 0 amide bonds. The first-order chi connectivity index (χ1) is 13.8. The van der Waals surface area contributed by atoms with Gasteiger partial charge in [0.05, 0.1) is 0 Å². The van der Waals surface area contributed by atoms with Gasteiger partial charge < -0.3 is 0 Å². The second-order valence-electron chi connectivity index (χ2n) is 10.4. The first-order valence-corrected chi connectivity index (χ1v) is 10.5. The van der Waals surface area contributed by atoms with Gasteiger partial charge in [0.25, 0.3) is 0 Å². The van der Waals surface area contributed by atoms with Crippen LogP contribution in [0.4, 0.5) is 0 Å². The molecule has 3 heterocycles. The van der Waals surface area contributed by atoms with Gasteiger partial charge in [0.15, 0.2) is 0 Å². The maximum Gasteiger partial charge on any atom is 0.0457 e. The van der Waals surface area contributed by atoms with Gasteiger partial charge in [0, 0.05) is 42.1 Å². The smallest absolute Gasteiger partial charge is 0.0457 e. The predicted octanol–water partition coefficient (Wildman–Crippen LogP) is 8.41. The quantitative estimate of drug-likeness (QED) is 0.354. The monoisotopic (exact) mass is 437 g/mol. The number of hydrogen-bond donors (Lipinski definition) is 0. The molecule has 3 rings (SSSR count). The van der Waals surface area contributed by atoms with Crippen LogP contribution in [0.5, 0.6) is 0 Å². The van der Waals surface area contributed by atoms with E-state index in [0.717, 1.165) is 5.69 Å². The zero-order valence-electron chi connectivity index (χ0n) is 20.3. The molecule has 3 aromatic heterocycles. The van der Waals surface area contributed by atoms with Crippen LogP contribution in [-0.4, -0.2) is 15.0 Å². The third-order valence-electron chi connectivity index (χ3n) is 4.51. The van der Waals surface area contributed by atoms with E-state index >= 15 is 0 Å². The van der Waals surface area contributed by atoms with Crippen molar-refractivity contribution < 1.29 is 0 Å². The van der Waals surface area contributed by atoms with Gasteiger partial charge in [0.2, 0.25) is 0 Å². The van der Waals surface area contributed by atoms with E-state index in [2.05, 4.69) is 102 Å². The average molecular weight is 438 g/mol. The summed E-state index contributed by atoms with van der Waals surface area (Å²) < 4.78 is 0. The van der Waals surface area contributed by atoms with Crippen molar-refractivity contribution in [2.75, 3.05) is 0 Å². The van der Waals surface area contributed by atoms with Crippen LogP contribution in [0.2, 0.25) is 0 Å². The maximum atomic E-state index is 4.25. The Morgan fingerprint density at radius 1 is 0.500 bits per heavy atom. The minimum atomic E-state index is 0. The van der Waals surface area contributed by atoms with Gasteiger partial charge in [-0.1, -0.05) is 89.3 Å². The van der Waals surface area contributed by atoms with Gasteiger partial charge in [-0.05, 0) is 52.3 Å². The van der Waals surface area contributed by atoms with E-state index in [1.807, 2.05) is 43.0 Å². The van der Waals surface area contributed by atoms with E-state index in [1.54, 1.807) is 6.20 Å². The Bertz CT molecular complexity index is 705. The van der Waals surface area contributed by atoms with Crippen molar-refractivity contribution in [2.45, 2.75) is 93.4 Å². The zero-order valence-corrected chi connectivity index (χ0v) is 20.3. The lowest BCUT2D eigenvalue weighted by molar-refractivity contribution is 0.569. The Kier molecular flexibility index (Phi) is 13.6. The van der Waals surface area contributed by atoms with Gasteiger partial charge in [-0.15, -0.1) is 0 Å². The number of aromatic nitrogens is 3. The van der Waals surface area contributed by atoms with Gasteiger partial charge in [-0.2, -0.15) is 0 Å². The Labute approximate surface area is 198 Å². The van der Waals surface area contributed by atoms with Crippen LogP contribution in [0.1, 0.15) is 94.0 Å². The number of rotatable bonds is 0. The molecule has 0 aliphatic carbocycles. The van der Waals surface area contributed by atoms with E-state index < -0.39 is 0 Å². The Hall–Kier alpha value is -2.55. The number of pyridine rings is 3. The number of hydrogen-bond acceptors (Lipinski definition) is 3. The summed E-state index contributed by atoms with van der Waals surface area (Å²) in [6, 6.07) is 14.2. The van der Waals surface area contributed by atoms with Crippen molar-refractivity contribution in [3.63, 3.8) is 0 Å². The first-order valence-electron chi connectivity index (χ1n) is 10.5. The van der Waals surface area contributed by atoms with Crippen LogP contribution in [0.3, 0.4) is 0 Å². The summed E-state index contributed by atoms with van der Waals surface area (Å²) in [5.41, 5.74) is 4.44. The molecule has 0 spiro atoms. The topological polar surface area (TPSA) is 38.7 Å². The van der Waals surface area contributed by atoms with Crippen LogP contribution in [-0.2, 0) is 16.2 Å². The lowest BCUT2D eigenvalue weighted by Crippen LogP contribution is -2.12. The Balaban J connectivity index is 0. The highest BCUT2D eigenvalue weighted by molar-refractivity contribution is 5.19. The fraction of sp³-hybridized carbons (Fsp3) is 0.483. The molecule has 0 atom stereocenters. The van der Waals surface area contributed by atoms with E-state index in [9.17, 15) is 0 Å². The molecule has 3 nitrogen and oxygen atoms in total. The molecule has 0 N–H and O–H groups in total. The molecule has 3 heteroatoms. The van der Waals surface area contributed by atoms with E-state index in [0.29, 0.717) is 0 Å². The maximum absolute atomic E-state index is 4.25.